The average molecular weight is 223 g/mol. The van der Waals surface area contributed by atoms with Crippen molar-refractivity contribution in [2.75, 3.05) is 6.54 Å². The third kappa shape index (κ3) is 4.63. The molecule has 4 heteroatoms. The van der Waals surface area contributed by atoms with Gasteiger partial charge in [-0.1, -0.05) is 0 Å². The number of nitrogens with zero attached hydrogens (tertiary/aromatic N) is 1. The van der Waals surface area contributed by atoms with E-state index in [2.05, 4.69) is 16.7 Å². The molecule has 0 aromatic carbocycles. The van der Waals surface area contributed by atoms with Gasteiger partial charge < -0.3 is 10.6 Å². The number of amides is 1. The second-order valence-electron chi connectivity index (χ2n) is 5.20. The van der Waals surface area contributed by atoms with E-state index in [0.29, 0.717) is 12.6 Å². The maximum atomic E-state index is 11.6. The fourth-order valence-electron chi connectivity index (χ4n) is 1.30. The van der Waals surface area contributed by atoms with Gasteiger partial charge in [-0.3, -0.25) is 4.79 Å². The summed E-state index contributed by atoms with van der Waals surface area (Å²) < 4.78 is 0. The lowest BCUT2D eigenvalue weighted by atomic mass is 9.91. The lowest BCUT2D eigenvalue weighted by Gasteiger charge is -2.18. The fourth-order valence-corrected chi connectivity index (χ4v) is 1.30. The fraction of sp³-hybridized carbons (Fsp3) is 0.833. The van der Waals surface area contributed by atoms with E-state index in [1.54, 1.807) is 0 Å². The van der Waals surface area contributed by atoms with Gasteiger partial charge in [-0.25, -0.2) is 0 Å². The van der Waals surface area contributed by atoms with Crippen molar-refractivity contribution >= 4 is 5.91 Å². The van der Waals surface area contributed by atoms with E-state index in [9.17, 15) is 4.79 Å². The van der Waals surface area contributed by atoms with E-state index >= 15 is 0 Å². The van der Waals surface area contributed by atoms with Gasteiger partial charge >= 0.3 is 0 Å². The predicted molar refractivity (Wildman–Crippen MR) is 62.6 cm³/mol. The Bertz CT molecular complexity index is 289. The second-order valence-corrected chi connectivity index (χ2v) is 5.20. The van der Waals surface area contributed by atoms with Crippen LogP contribution in [0.15, 0.2) is 0 Å². The quantitative estimate of drug-likeness (QED) is 0.710. The maximum absolute atomic E-state index is 11.6. The van der Waals surface area contributed by atoms with Crippen LogP contribution in [0.1, 0.15) is 40.0 Å². The van der Waals surface area contributed by atoms with E-state index in [1.807, 2.05) is 20.8 Å². The lowest BCUT2D eigenvalue weighted by molar-refractivity contribution is -0.122. The van der Waals surface area contributed by atoms with Gasteiger partial charge in [-0.15, -0.1) is 0 Å². The summed E-state index contributed by atoms with van der Waals surface area (Å²) >= 11 is 0. The lowest BCUT2D eigenvalue weighted by Crippen LogP contribution is -2.43. The molecule has 0 aromatic rings. The first-order chi connectivity index (χ1) is 7.44. The van der Waals surface area contributed by atoms with Gasteiger partial charge in [0.2, 0.25) is 5.91 Å². The zero-order valence-corrected chi connectivity index (χ0v) is 10.3. The molecule has 1 rings (SSSR count). The summed E-state index contributed by atoms with van der Waals surface area (Å²) in [4.78, 5) is 11.6. The van der Waals surface area contributed by atoms with E-state index in [-0.39, 0.29) is 17.4 Å². The van der Waals surface area contributed by atoms with Crippen LogP contribution < -0.4 is 10.6 Å². The van der Waals surface area contributed by atoms with Gasteiger partial charge in [0.1, 0.15) is 0 Å². The molecular formula is C12H21N3O. The molecule has 0 aromatic heterocycles. The van der Waals surface area contributed by atoms with Crippen LogP contribution in [0, 0.1) is 16.7 Å². The van der Waals surface area contributed by atoms with Crippen molar-refractivity contribution in [3.05, 3.63) is 0 Å². The molecule has 1 amide bonds. The highest BCUT2D eigenvalue weighted by Gasteiger charge is 2.25. The molecule has 4 nitrogen and oxygen atoms in total. The van der Waals surface area contributed by atoms with E-state index in [0.717, 1.165) is 19.3 Å². The summed E-state index contributed by atoms with van der Waals surface area (Å²) in [5, 5.41) is 14.9. The molecule has 1 aliphatic carbocycles. The van der Waals surface area contributed by atoms with Crippen molar-refractivity contribution in [2.24, 2.45) is 5.41 Å². The summed E-state index contributed by atoms with van der Waals surface area (Å²) in [5.41, 5.74) is -0.320. The zero-order chi connectivity index (χ0) is 12.2. The van der Waals surface area contributed by atoms with Gasteiger partial charge in [0.15, 0.2) is 0 Å². The molecule has 2 N–H and O–H groups in total. The number of rotatable bonds is 6. The predicted octanol–water partition coefficient (Wildman–Crippen LogP) is 1.18. The first kappa shape index (κ1) is 13.0. The topological polar surface area (TPSA) is 64.9 Å². The minimum atomic E-state index is -0.320. The molecule has 0 spiro atoms. The number of hydrogen-bond donors (Lipinski definition) is 2. The largest absolute Gasteiger partial charge is 0.352 e. The highest BCUT2D eigenvalue weighted by molar-refractivity contribution is 5.81. The highest BCUT2D eigenvalue weighted by atomic mass is 16.2. The molecule has 1 saturated carbocycles. The minimum absolute atomic E-state index is 0.0669. The van der Waals surface area contributed by atoms with Crippen LogP contribution in [0.5, 0.6) is 0 Å². The molecule has 0 heterocycles. The second kappa shape index (κ2) is 5.31. The van der Waals surface area contributed by atoms with E-state index < -0.39 is 0 Å². The normalized spacial score (nSPS) is 17.6. The van der Waals surface area contributed by atoms with Crippen molar-refractivity contribution < 1.29 is 4.79 Å². The summed E-state index contributed by atoms with van der Waals surface area (Å²) in [5.74, 6) is 0.0669. The first-order valence-electron chi connectivity index (χ1n) is 5.89. The van der Waals surface area contributed by atoms with E-state index in [1.165, 1.54) is 0 Å². The molecular weight excluding hydrogens is 202 g/mol. The Morgan fingerprint density at radius 1 is 1.56 bits per heavy atom. The smallest absolute Gasteiger partial charge is 0.237 e. The Hall–Kier alpha value is -1.08. The average Bonchev–Trinajstić information content (AvgIpc) is 3.01. The van der Waals surface area contributed by atoms with Crippen LogP contribution in [-0.4, -0.2) is 24.5 Å². The summed E-state index contributed by atoms with van der Waals surface area (Å²) in [6.45, 7) is 6.37. The molecule has 1 aliphatic rings. The van der Waals surface area contributed by atoms with Crippen LogP contribution in [0.2, 0.25) is 0 Å². The Morgan fingerprint density at radius 3 is 2.69 bits per heavy atom. The summed E-state index contributed by atoms with van der Waals surface area (Å²) in [7, 11) is 0. The van der Waals surface area contributed by atoms with Gasteiger partial charge in [0, 0.05) is 6.04 Å². The Morgan fingerprint density at radius 2 is 2.19 bits per heavy atom. The minimum Gasteiger partial charge on any atom is -0.352 e. The van der Waals surface area contributed by atoms with Crippen molar-refractivity contribution in [3.63, 3.8) is 0 Å². The monoisotopic (exact) mass is 223 g/mol. The Kier molecular flexibility index (Phi) is 4.31. The maximum Gasteiger partial charge on any atom is 0.237 e. The zero-order valence-electron chi connectivity index (χ0n) is 10.3. The van der Waals surface area contributed by atoms with Crippen molar-refractivity contribution in [1.29, 1.82) is 5.26 Å². The Labute approximate surface area is 97.4 Å². The molecule has 0 bridgehead atoms. The van der Waals surface area contributed by atoms with Crippen LogP contribution in [0.3, 0.4) is 0 Å². The van der Waals surface area contributed by atoms with Gasteiger partial charge in [0.05, 0.1) is 17.5 Å². The summed E-state index contributed by atoms with van der Waals surface area (Å²) in [6, 6.07) is 2.48. The number of hydrogen-bond acceptors (Lipinski definition) is 3. The highest BCUT2D eigenvalue weighted by Crippen LogP contribution is 2.19. The van der Waals surface area contributed by atoms with Crippen molar-refractivity contribution in [1.82, 2.24) is 10.6 Å². The van der Waals surface area contributed by atoms with Crippen LogP contribution in [0.4, 0.5) is 0 Å². The third-order valence-electron chi connectivity index (χ3n) is 2.82. The Balaban J connectivity index is 2.16. The van der Waals surface area contributed by atoms with Crippen molar-refractivity contribution in [3.8, 4) is 6.07 Å². The number of nitriles is 1. The molecule has 0 aliphatic heterocycles. The van der Waals surface area contributed by atoms with Gasteiger partial charge in [-0.05, 0) is 46.6 Å². The molecule has 1 fully saturated rings. The molecule has 0 radical (unpaired) electrons. The van der Waals surface area contributed by atoms with Gasteiger partial charge in [-0.2, -0.15) is 5.26 Å². The van der Waals surface area contributed by atoms with Crippen LogP contribution >= 0.6 is 0 Å². The molecule has 1 atom stereocenters. The number of carbonyl (C=O) groups excluding carboxylic acids is 1. The first-order valence-corrected chi connectivity index (χ1v) is 5.89. The van der Waals surface area contributed by atoms with Crippen LogP contribution in [0.25, 0.3) is 0 Å². The molecule has 1 unspecified atom stereocenters. The molecule has 90 valence electrons. The standard InChI is InChI=1S/C12H21N3O/c1-9(11(16)15-10-4-5-10)14-7-6-12(2,3)8-13/h9-10,14H,4-7H2,1-3H3,(H,15,16). The number of nitrogens with one attached hydrogen (secondary N) is 2. The summed E-state index contributed by atoms with van der Waals surface area (Å²) in [6.07, 6.45) is 2.98. The molecule has 0 saturated heterocycles. The van der Waals surface area contributed by atoms with Gasteiger partial charge in [0.25, 0.3) is 0 Å². The van der Waals surface area contributed by atoms with Crippen LogP contribution in [-0.2, 0) is 4.79 Å². The third-order valence-corrected chi connectivity index (χ3v) is 2.82. The van der Waals surface area contributed by atoms with Crippen molar-refractivity contribution in [2.45, 2.75) is 52.1 Å². The van der Waals surface area contributed by atoms with E-state index in [4.69, 9.17) is 5.26 Å². The number of carbonyl (C=O) groups is 1. The molecule has 16 heavy (non-hydrogen) atoms. The SMILES string of the molecule is CC(NCCC(C)(C)C#N)C(=O)NC1CC1.